The van der Waals surface area contributed by atoms with Gasteiger partial charge in [-0.05, 0) is 18.9 Å². The Balaban J connectivity index is 1.88. The molecule has 0 aliphatic carbocycles. The van der Waals surface area contributed by atoms with Crippen molar-refractivity contribution in [3.63, 3.8) is 0 Å². The number of carbonyl (C=O) groups excluding carboxylic acids is 1. The van der Waals surface area contributed by atoms with Gasteiger partial charge in [-0.1, -0.05) is 30.3 Å². The lowest BCUT2D eigenvalue weighted by Gasteiger charge is -2.26. The minimum atomic E-state index is -0.409. The summed E-state index contributed by atoms with van der Waals surface area (Å²) in [5.41, 5.74) is 6.98. The third-order valence-corrected chi connectivity index (χ3v) is 3.78. The molecule has 4 heteroatoms. The summed E-state index contributed by atoms with van der Waals surface area (Å²) < 4.78 is 0. The monoisotopic (exact) mass is 261 g/mol. The number of rotatable bonds is 4. The highest BCUT2D eigenvalue weighted by Crippen LogP contribution is 2.17. The summed E-state index contributed by atoms with van der Waals surface area (Å²) in [6, 6.07) is 10.3. The number of hydrogen-bond donors (Lipinski definition) is 1. The average molecular weight is 261 g/mol. The molecule has 1 aromatic rings. The molecule has 104 valence electrons. The number of likely N-dealkylation sites (N-methyl/N-ethyl adjacent to an activating group) is 1. The average Bonchev–Trinajstić information content (AvgIpc) is 2.86. The van der Waals surface area contributed by atoms with E-state index in [1.54, 1.807) is 6.92 Å². The summed E-state index contributed by atoms with van der Waals surface area (Å²) in [6.07, 6.45) is 1.03. The summed E-state index contributed by atoms with van der Waals surface area (Å²) in [6.45, 7) is 4.67. The Labute approximate surface area is 115 Å². The quantitative estimate of drug-likeness (QED) is 0.882. The number of nitrogens with two attached hydrogens (primary N) is 1. The maximum absolute atomic E-state index is 11.9. The van der Waals surface area contributed by atoms with Crippen molar-refractivity contribution in [3.05, 3.63) is 35.9 Å². The van der Waals surface area contributed by atoms with Crippen molar-refractivity contribution in [1.29, 1.82) is 0 Å². The largest absolute Gasteiger partial charge is 0.340 e. The fourth-order valence-electron chi connectivity index (χ4n) is 2.61. The first-order valence-corrected chi connectivity index (χ1v) is 6.86. The first kappa shape index (κ1) is 14.0. The zero-order valence-electron chi connectivity index (χ0n) is 11.7. The van der Waals surface area contributed by atoms with Crippen LogP contribution >= 0.6 is 0 Å². The molecule has 1 aliphatic heterocycles. The minimum absolute atomic E-state index is 0.0339. The van der Waals surface area contributed by atoms with Gasteiger partial charge in [0.25, 0.3) is 0 Å². The topological polar surface area (TPSA) is 49.6 Å². The van der Waals surface area contributed by atoms with E-state index in [4.69, 9.17) is 5.73 Å². The summed E-state index contributed by atoms with van der Waals surface area (Å²) in [7, 11) is 1.86. The van der Waals surface area contributed by atoms with E-state index in [2.05, 4.69) is 29.2 Å². The molecule has 1 amide bonds. The number of carbonyl (C=O) groups is 1. The molecule has 0 bridgehead atoms. The summed E-state index contributed by atoms with van der Waals surface area (Å²) in [5.74, 6) is 0.0339. The summed E-state index contributed by atoms with van der Waals surface area (Å²) in [4.78, 5) is 16.1. The molecule has 2 N–H and O–H groups in total. The van der Waals surface area contributed by atoms with Gasteiger partial charge < -0.3 is 10.6 Å². The fourth-order valence-corrected chi connectivity index (χ4v) is 2.61. The third kappa shape index (κ3) is 3.55. The molecular formula is C15H23N3O. The first-order valence-electron chi connectivity index (χ1n) is 6.86. The highest BCUT2D eigenvalue weighted by atomic mass is 16.2. The zero-order chi connectivity index (χ0) is 13.8. The van der Waals surface area contributed by atoms with E-state index in [-0.39, 0.29) is 5.91 Å². The normalized spacial score (nSPS) is 21.3. The second-order valence-electron chi connectivity index (χ2n) is 5.40. The minimum Gasteiger partial charge on any atom is -0.340 e. The van der Waals surface area contributed by atoms with Gasteiger partial charge in [-0.15, -0.1) is 0 Å². The molecule has 0 radical (unpaired) electrons. The van der Waals surface area contributed by atoms with Crippen molar-refractivity contribution in [1.82, 2.24) is 9.80 Å². The molecule has 2 rings (SSSR count). The van der Waals surface area contributed by atoms with Crippen LogP contribution in [-0.4, -0.2) is 47.9 Å². The Morgan fingerprint density at radius 2 is 2.16 bits per heavy atom. The van der Waals surface area contributed by atoms with E-state index in [0.717, 1.165) is 26.1 Å². The van der Waals surface area contributed by atoms with Gasteiger partial charge in [0, 0.05) is 32.7 Å². The van der Waals surface area contributed by atoms with Crippen LogP contribution in [0, 0.1) is 0 Å². The van der Waals surface area contributed by atoms with Gasteiger partial charge in [-0.25, -0.2) is 0 Å². The number of amides is 1. The third-order valence-electron chi connectivity index (χ3n) is 3.78. The van der Waals surface area contributed by atoms with Crippen LogP contribution in [0.3, 0.4) is 0 Å². The maximum Gasteiger partial charge on any atom is 0.239 e. The molecule has 4 nitrogen and oxygen atoms in total. The van der Waals surface area contributed by atoms with Gasteiger partial charge in [0.15, 0.2) is 0 Å². The lowest BCUT2D eigenvalue weighted by Crippen LogP contribution is -2.46. The van der Waals surface area contributed by atoms with Gasteiger partial charge >= 0.3 is 0 Å². The highest BCUT2D eigenvalue weighted by Gasteiger charge is 2.29. The van der Waals surface area contributed by atoms with Crippen LogP contribution in [-0.2, 0) is 11.3 Å². The van der Waals surface area contributed by atoms with E-state index in [9.17, 15) is 4.79 Å². The second-order valence-corrected chi connectivity index (χ2v) is 5.40. The maximum atomic E-state index is 11.9. The van der Waals surface area contributed by atoms with Crippen LogP contribution in [0.15, 0.2) is 30.3 Å². The number of hydrogen-bond acceptors (Lipinski definition) is 3. The molecule has 0 spiro atoms. The molecule has 0 aromatic heterocycles. The van der Waals surface area contributed by atoms with Gasteiger partial charge in [-0.2, -0.15) is 0 Å². The Morgan fingerprint density at radius 3 is 2.79 bits per heavy atom. The van der Waals surface area contributed by atoms with E-state index in [0.29, 0.717) is 6.04 Å². The Bertz CT molecular complexity index is 419. The molecule has 1 heterocycles. The molecule has 1 aliphatic rings. The van der Waals surface area contributed by atoms with Crippen LogP contribution in [0.5, 0.6) is 0 Å². The molecule has 2 unspecified atom stereocenters. The molecule has 0 saturated carbocycles. The lowest BCUT2D eigenvalue weighted by molar-refractivity contribution is -0.132. The molecule has 1 saturated heterocycles. The van der Waals surface area contributed by atoms with Gasteiger partial charge in [0.05, 0.1) is 6.04 Å². The van der Waals surface area contributed by atoms with E-state index < -0.39 is 6.04 Å². The van der Waals surface area contributed by atoms with Crippen LogP contribution in [0.1, 0.15) is 18.9 Å². The SMILES string of the molecule is CC(N)C(=O)N(C)C1CCN(Cc2ccccc2)C1. The highest BCUT2D eigenvalue weighted by molar-refractivity contribution is 5.81. The van der Waals surface area contributed by atoms with Crippen molar-refractivity contribution in [3.8, 4) is 0 Å². The smallest absolute Gasteiger partial charge is 0.239 e. The second kappa shape index (κ2) is 6.17. The Hall–Kier alpha value is -1.39. The summed E-state index contributed by atoms with van der Waals surface area (Å²) in [5, 5.41) is 0. The first-order chi connectivity index (χ1) is 9.08. The standard InChI is InChI=1S/C15H23N3O/c1-12(16)15(19)17(2)14-8-9-18(11-14)10-13-6-4-3-5-7-13/h3-7,12,14H,8-11,16H2,1-2H3. The lowest BCUT2D eigenvalue weighted by atomic mass is 10.2. The van der Waals surface area contributed by atoms with Crippen LogP contribution in [0.4, 0.5) is 0 Å². The molecule has 1 aromatic carbocycles. The Kier molecular flexibility index (Phi) is 4.56. The van der Waals surface area contributed by atoms with E-state index >= 15 is 0 Å². The Morgan fingerprint density at radius 1 is 1.47 bits per heavy atom. The van der Waals surface area contributed by atoms with Crippen molar-refractivity contribution in [2.24, 2.45) is 5.73 Å². The molecule has 19 heavy (non-hydrogen) atoms. The molecule has 1 fully saturated rings. The van der Waals surface area contributed by atoms with Gasteiger partial charge in [-0.3, -0.25) is 9.69 Å². The predicted molar refractivity (Wildman–Crippen MR) is 76.5 cm³/mol. The van der Waals surface area contributed by atoms with Crippen LogP contribution < -0.4 is 5.73 Å². The zero-order valence-corrected chi connectivity index (χ0v) is 11.7. The number of benzene rings is 1. The van der Waals surface area contributed by atoms with Gasteiger partial charge in [0.2, 0.25) is 5.91 Å². The summed E-state index contributed by atoms with van der Waals surface area (Å²) >= 11 is 0. The van der Waals surface area contributed by atoms with Crippen molar-refractivity contribution in [2.45, 2.75) is 32.0 Å². The predicted octanol–water partition coefficient (Wildman–Crippen LogP) is 1.07. The number of likely N-dealkylation sites (tertiary alicyclic amines) is 1. The number of nitrogens with zero attached hydrogens (tertiary/aromatic N) is 2. The van der Waals surface area contributed by atoms with Crippen LogP contribution in [0.2, 0.25) is 0 Å². The fraction of sp³-hybridized carbons (Fsp3) is 0.533. The van der Waals surface area contributed by atoms with Gasteiger partial charge in [0.1, 0.15) is 0 Å². The van der Waals surface area contributed by atoms with E-state index in [1.165, 1.54) is 5.56 Å². The molecular weight excluding hydrogens is 238 g/mol. The molecule has 2 atom stereocenters. The van der Waals surface area contributed by atoms with Crippen molar-refractivity contribution >= 4 is 5.91 Å². The van der Waals surface area contributed by atoms with Crippen LogP contribution in [0.25, 0.3) is 0 Å². The van der Waals surface area contributed by atoms with Crippen molar-refractivity contribution in [2.75, 3.05) is 20.1 Å². The van der Waals surface area contributed by atoms with E-state index in [1.807, 2.05) is 18.0 Å². The van der Waals surface area contributed by atoms with Crippen molar-refractivity contribution < 1.29 is 4.79 Å².